The van der Waals surface area contributed by atoms with Crippen molar-refractivity contribution < 1.29 is 0 Å². The molecule has 19 heavy (non-hydrogen) atoms. The minimum Gasteiger partial charge on any atom is -0.197 e. The molecule has 2 nitrogen and oxygen atoms in total. The molecule has 1 aliphatic rings. The predicted molar refractivity (Wildman–Crippen MR) is 77.9 cm³/mol. The summed E-state index contributed by atoms with van der Waals surface area (Å²) in [6, 6.07) is 13.8. The lowest BCUT2D eigenvalue weighted by molar-refractivity contribution is 0.712. The second-order valence-electron chi connectivity index (χ2n) is 4.26. The van der Waals surface area contributed by atoms with E-state index in [1.807, 2.05) is 0 Å². The summed E-state index contributed by atoms with van der Waals surface area (Å²) in [6.45, 7) is 0. The highest BCUT2D eigenvalue weighted by atomic mass is 14.3. The molecule has 0 bridgehead atoms. The van der Waals surface area contributed by atoms with Crippen LogP contribution >= 0.6 is 0 Å². The van der Waals surface area contributed by atoms with Crippen LogP contribution in [0.5, 0.6) is 0 Å². The molecule has 0 atom stereocenters. The maximum absolute atomic E-state index is 7.59. The summed E-state index contributed by atoms with van der Waals surface area (Å²) in [7, 11) is 0. The molecule has 96 valence electrons. The molecule has 2 heteroatoms. The smallest absolute Gasteiger partial charge is 0.122 e. The maximum Gasteiger partial charge on any atom is 0.122 e. The third-order valence-corrected chi connectivity index (χ3v) is 2.77. The molecule has 0 radical (unpaired) electrons. The minimum atomic E-state index is 0. The molecule has 0 N–H and O–H groups in total. The van der Waals surface area contributed by atoms with E-state index in [4.69, 9.17) is 10.5 Å². The van der Waals surface area contributed by atoms with Crippen molar-refractivity contribution in [2.45, 2.75) is 32.1 Å². The molecule has 0 saturated heterocycles. The van der Waals surface area contributed by atoms with E-state index in [1.165, 1.54) is 36.8 Å². The zero-order valence-corrected chi connectivity index (χ0v) is 11.0. The Balaban J connectivity index is 0.000000312. The molecular weight excluding hydrogens is 232 g/mol. The zero-order chi connectivity index (χ0) is 13.8. The van der Waals surface area contributed by atoms with E-state index in [1.54, 1.807) is 12.1 Å². The third-order valence-electron chi connectivity index (χ3n) is 2.77. The average molecular weight is 250 g/mol. The fraction of sp³-hybridized carbons (Fsp3) is 0.294. The van der Waals surface area contributed by atoms with Crippen LogP contribution in [0.4, 0.5) is 0 Å². The van der Waals surface area contributed by atoms with Crippen molar-refractivity contribution in [1.82, 2.24) is 0 Å². The fourth-order valence-corrected chi connectivity index (χ4v) is 1.82. The number of hydrogen-bond donors (Lipinski definition) is 0. The van der Waals surface area contributed by atoms with Gasteiger partial charge in [-0.25, -0.2) is 0 Å². The number of benzene rings is 1. The maximum atomic E-state index is 7.59. The Hall–Kier alpha value is -2.32. The quantitative estimate of drug-likeness (QED) is 0.768. The van der Waals surface area contributed by atoms with E-state index in [0.29, 0.717) is 0 Å². The number of nitriles is 2. The van der Waals surface area contributed by atoms with Crippen LogP contribution in [0.3, 0.4) is 0 Å². The second-order valence-corrected chi connectivity index (χ2v) is 4.26. The highest BCUT2D eigenvalue weighted by molar-refractivity contribution is 5.52. The molecule has 0 unspecified atom stereocenters. The number of allylic oxidation sites excluding steroid dienone is 3. The molecule has 1 aliphatic carbocycles. The summed E-state index contributed by atoms with van der Waals surface area (Å²) in [5.74, 6) is 0. The van der Waals surface area contributed by atoms with Gasteiger partial charge in [-0.1, -0.05) is 54.1 Å². The molecule has 0 spiro atoms. The second kappa shape index (κ2) is 9.68. The van der Waals surface area contributed by atoms with Crippen LogP contribution in [0.15, 0.2) is 48.1 Å². The van der Waals surface area contributed by atoms with E-state index in [2.05, 4.69) is 48.6 Å². The molecule has 1 aromatic carbocycles. The Kier molecular flexibility index (Phi) is 7.51. The van der Waals surface area contributed by atoms with Gasteiger partial charge in [0.1, 0.15) is 6.42 Å². The molecule has 0 heterocycles. The predicted octanol–water partition coefficient (Wildman–Crippen LogP) is 4.62. The minimum absolute atomic E-state index is 0. The van der Waals surface area contributed by atoms with Crippen LogP contribution < -0.4 is 0 Å². The first-order valence-corrected chi connectivity index (χ1v) is 6.53. The normalized spacial score (nSPS) is 13.7. The van der Waals surface area contributed by atoms with Gasteiger partial charge in [-0.3, -0.25) is 0 Å². The Morgan fingerprint density at radius 2 is 1.74 bits per heavy atom. The highest BCUT2D eigenvalue weighted by Gasteiger charge is 1.98. The van der Waals surface area contributed by atoms with E-state index >= 15 is 0 Å². The number of rotatable bonds is 2. The van der Waals surface area contributed by atoms with Crippen molar-refractivity contribution >= 4 is 6.08 Å². The summed E-state index contributed by atoms with van der Waals surface area (Å²) >= 11 is 0. The Morgan fingerprint density at radius 1 is 1.00 bits per heavy atom. The van der Waals surface area contributed by atoms with Gasteiger partial charge in [-0.2, -0.15) is 10.5 Å². The Bertz CT molecular complexity index is 486. The fourth-order valence-electron chi connectivity index (χ4n) is 1.82. The first kappa shape index (κ1) is 14.7. The number of nitrogens with zero attached hydrogens (tertiary/aromatic N) is 2. The first-order chi connectivity index (χ1) is 9.36. The molecule has 0 amide bonds. The Morgan fingerprint density at radius 3 is 2.26 bits per heavy atom. The van der Waals surface area contributed by atoms with Gasteiger partial charge in [0.15, 0.2) is 0 Å². The van der Waals surface area contributed by atoms with Gasteiger partial charge in [0.05, 0.1) is 12.1 Å². The van der Waals surface area contributed by atoms with Gasteiger partial charge in [0.2, 0.25) is 0 Å². The lowest BCUT2D eigenvalue weighted by Crippen LogP contribution is -1.87. The van der Waals surface area contributed by atoms with E-state index < -0.39 is 0 Å². The van der Waals surface area contributed by atoms with Gasteiger partial charge in [-0.15, -0.1) is 0 Å². The largest absolute Gasteiger partial charge is 0.197 e. The molecule has 0 fully saturated rings. The van der Waals surface area contributed by atoms with Crippen LogP contribution in [0.2, 0.25) is 0 Å². The molecular formula is C17H18N2. The van der Waals surface area contributed by atoms with Crippen LogP contribution in [0, 0.1) is 22.7 Å². The lowest BCUT2D eigenvalue weighted by atomic mass is 9.99. The third kappa shape index (κ3) is 6.86. The lowest BCUT2D eigenvalue weighted by Gasteiger charge is -2.07. The van der Waals surface area contributed by atoms with Crippen LogP contribution in [-0.4, -0.2) is 0 Å². The standard InChI is InChI=1S/C14H16.C3H2N2/c1-3-7-13(8-4-1)11-12-14-9-5-2-6-10-14;4-2-1-3-5/h1,3-4,7-9,11-12H,2,5-6,10H2;1H2. The van der Waals surface area contributed by atoms with E-state index in [0.717, 1.165) is 0 Å². The van der Waals surface area contributed by atoms with E-state index in [9.17, 15) is 0 Å². The van der Waals surface area contributed by atoms with Crippen LogP contribution in [-0.2, 0) is 0 Å². The van der Waals surface area contributed by atoms with Gasteiger partial charge in [0, 0.05) is 0 Å². The van der Waals surface area contributed by atoms with Crippen LogP contribution in [0.25, 0.3) is 6.08 Å². The average Bonchev–Trinajstić information content (AvgIpc) is 2.49. The molecule has 0 aliphatic heterocycles. The summed E-state index contributed by atoms with van der Waals surface area (Å²) in [5.41, 5.74) is 2.79. The van der Waals surface area contributed by atoms with Gasteiger partial charge >= 0.3 is 0 Å². The van der Waals surface area contributed by atoms with Crippen molar-refractivity contribution in [2.75, 3.05) is 0 Å². The van der Waals surface area contributed by atoms with Gasteiger partial charge in [-0.05, 0) is 31.2 Å². The van der Waals surface area contributed by atoms with Crippen molar-refractivity contribution in [3.63, 3.8) is 0 Å². The summed E-state index contributed by atoms with van der Waals surface area (Å²) < 4.78 is 0. The molecule has 1 aromatic rings. The van der Waals surface area contributed by atoms with Crippen LogP contribution in [0.1, 0.15) is 37.7 Å². The first-order valence-electron chi connectivity index (χ1n) is 6.53. The van der Waals surface area contributed by atoms with Gasteiger partial charge in [0.25, 0.3) is 0 Å². The zero-order valence-electron chi connectivity index (χ0n) is 11.0. The van der Waals surface area contributed by atoms with Gasteiger partial charge < -0.3 is 0 Å². The van der Waals surface area contributed by atoms with E-state index in [-0.39, 0.29) is 6.42 Å². The summed E-state index contributed by atoms with van der Waals surface area (Å²) in [6.07, 6.45) is 12.1. The Labute approximate surface area is 115 Å². The van der Waals surface area contributed by atoms with Crippen molar-refractivity contribution in [1.29, 1.82) is 10.5 Å². The number of hydrogen-bond acceptors (Lipinski definition) is 2. The SMILES string of the molecule is C(=Cc1ccccc1)C1=CCCCC1.N#CCC#N. The monoisotopic (exact) mass is 250 g/mol. The topological polar surface area (TPSA) is 47.6 Å². The summed E-state index contributed by atoms with van der Waals surface area (Å²) in [5, 5.41) is 15.2. The summed E-state index contributed by atoms with van der Waals surface area (Å²) in [4.78, 5) is 0. The van der Waals surface area contributed by atoms with Crippen molar-refractivity contribution in [2.24, 2.45) is 0 Å². The van der Waals surface area contributed by atoms with Crippen molar-refractivity contribution in [3.8, 4) is 12.1 Å². The molecule has 0 saturated carbocycles. The highest BCUT2D eigenvalue weighted by Crippen LogP contribution is 2.19. The molecule has 2 rings (SSSR count). The molecule has 0 aromatic heterocycles. The van der Waals surface area contributed by atoms with Crippen molar-refractivity contribution in [3.05, 3.63) is 53.6 Å².